The molecule has 0 bridgehead atoms. The van der Waals surface area contributed by atoms with Crippen LogP contribution in [0.15, 0.2) is 54.4 Å². The minimum absolute atomic E-state index is 0.131. The zero-order valence-electron chi connectivity index (χ0n) is 13.2. The van der Waals surface area contributed by atoms with Crippen molar-refractivity contribution in [2.75, 3.05) is 0 Å². The van der Waals surface area contributed by atoms with Crippen LogP contribution in [0.3, 0.4) is 0 Å². The van der Waals surface area contributed by atoms with E-state index >= 15 is 0 Å². The number of allylic oxidation sites excluding steroid dienone is 1. The van der Waals surface area contributed by atoms with Crippen molar-refractivity contribution in [1.82, 2.24) is 0 Å². The molecule has 0 radical (unpaired) electrons. The van der Waals surface area contributed by atoms with Crippen LogP contribution in [-0.4, -0.2) is 0 Å². The summed E-state index contributed by atoms with van der Waals surface area (Å²) in [5, 5.41) is 8.77. The van der Waals surface area contributed by atoms with Crippen LogP contribution in [0.5, 0.6) is 0 Å². The fraction of sp³-hybridized carbons (Fsp3) is 0.250. The molecule has 3 heteroatoms. The molecule has 0 spiro atoms. The molecule has 0 saturated heterocycles. The van der Waals surface area contributed by atoms with E-state index in [2.05, 4.69) is 6.07 Å². The molecular formula is C20H19F2N. The van der Waals surface area contributed by atoms with E-state index in [1.54, 1.807) is 24.3 Å². The molecule has 23 heavy (non-hydrogen) atoms. The molecular weight excluding hydrogens is 292 g/mol. The standard InChI is InChI=1S/C20H19F2N/c1-2-3-19(21)20(22)18-12-10-16(11-13-18)5-4-15-6-8-17(14-23)9-7-15/h6-13H,2-5H2,1H3. The van der Waals surface area contributed by atoms with Gasteiger partial charge in [0, 0.05) is 12.0 Å². The Kier molecular flexibility index (Phi) is 6.05. The van der Waals surface area contributed by atoms with Crippen LogP contribution in [0.4, 0.5) is 8.78 Å². The number of benzene rings is 2. The molecule has 0 N–H and O–H groups in total. The Morgan fingerprint density at radius 1 is 0.913 bits per heavy atom. The van der Waals surface area contributed by atoms with Gasteiger partial charge in [0.15, 0.2) is 5.83 Å². The molecule has 0 fully saturated rings. The topological polar surface area (TPSA) is 23.8 Å². The van der Waals surface area contributed by atoms with Crippen LogP contribution >= 0.6 is 0 Å². The lowest BCUT2D eigenvalue weighted by Crippen LogP contribution is -1.92. The highest BCUT2D eigenvalue weighted by Crippen LogP contribution is 2.24. The van der Waals surface area contributed by atoms with Gasteiger partial charge in [-0.15, -0.1) is 0 Å². The first-order valence-electron chi connectivity index (χ1n) is 7.76. The molecule has 0 aliphatic heterocycles. The fourth-order valence-corrected chi connectivity index (χ4v) is 2.34. The van der Waals surface area contributed by atoms with Crippen LogP contribution < -0.4 is 0 Å². The predicted molar refractivity (Wildman–Crippen MR) is 89.1 cm³/mol. The van der Waals surface area contributed by atoms with Crippen molar-refractivity contribution in [3.8, 4) is 6.07 Å². The monoisotopic (exact) mass is 311 g/mol. The molecule has 0 saturated carbocycles. The summed E-state index contributed by atoms with van der Waals surface area (Å²) < 4.78 is 27.3. The highest BCUT2D eigenvalue weighted by Gasteiger charge is 2.08. The van der Waals surface area contributed by atoms with E-state index in [4.69, 9.17) is 5.26 Å². The Hall–Kier alpha value is -2.47. The van der Waals surface area contributed by atoms with Crippen LogP contribution in [0.25, 0.3) is 5.83 Å². The zero-order valence-corrected chi connectivity index (χ0v) is 13.2. The maximum atomic E-state index is 13.8. The summed E-state index contributed by atoms with van der Waals surface area (Å²) in [6.07, 6.45) is 2.37. The van der Waals surface area contributed by atoms with Crippen LogP contribution in [0.1, 0.15) is 42.0 Å². The van der Waals surface area contributed by atoms with Crippen molar-refractivity contribution < 1.29 is 8.78 Å². The largest absolute Gasteiger partial charge is 0.209 e. The number of halogens is 2. The van der Waals surface area contributed by atoms with Gasteiger partial charge in [0.25, 0.3) is 0 Å². The van der Waals surface area contributed by atoms with E-state index in [9.17, 15) is 8.78 Å². The van der Waals surface area contributed by atoms with Gasteiger partial charge >= 0.3 is 0 Å². The Labute approximate surface area is 135 Å². The van der Waals surface area contributed by atoms with Gasteiger partial charge in [-0.05, 0) is 42.5 Å². The second-order valence-corrected chi connectivity index (χ2v) is 5.47. The van der Waals surface area contributed by atoms with Gasteiger partial charge in [-0.2, -0.15) is 5.26 Å². The van der Waals surface area contributed by atoms with E-state index < -0.39 is 11.7 Å². The first kappa shape index (κ1) is 16.9. The lowest BCUT2D eigenvalue weighted by Gasteiger charge is -2.05. The second-order valence-electron chi connectivity index (χ2n) is 5.47. The van der Waals surface area contributed by atoms with E-state index in [1.807, 2.05) is 31.2 Å². The van der Waals surface area contributed by atoms with Crippen molar-refractivity contribution in [2.24, 2.45) is 0 Å². The number of aryl methyl sites for hydroxylation is 2. The molecule has 0 unspecified atom stereocenters. The van der Waals surface area contributed by atoms with Gasteiger partial charge in [-0.1, -0.05) is 43.3 Å². The van der Waals surface area contributed by atoms with E-state index in [-0.39, 0.29) is 12.0 Å². The molecule has 0 aliphatic carbocycles. The molecule has 1 nitrogen and oxygen atoms in total. The molecule has 0 aromatic heterocycles. The molecule has 0 amide bonds. The van der Waals surface area contributed by atoms with Gasteiger partial charge < -0.3 is 0 Å². The average Bonchev–Trinajstić information content (AvgIpc) is 2.60. The highest BCUT2D eigenvalue weighted by atomic mass is 19.2. The van der Waals surface area contributed by atoms with Gasteiger partial charge in [0.05, 0.1) is 11.6 Å². The second kappa shape index (κ2) is 8.24. The molecule has 0 heterocycles. The van der Waals surface area contributed by atoms with Crippen molar-refractivity contribution in [3.63, 3.8) is 0 Å². The summed E-state index contributed by atoms with van der Waals surface area (Å²) in [4.78, 5) is 0. The Balaban J connectivity index is 2.00. The minimum Gasteiger partial charge on any atom is -0.209 e. The number of nitriles is 1. The quantitative estimate of drug-likeness (QED) is 0.666. The smallest absolute Gasteiger partial charge is 0.161 e. The molecule has 0 atom stereocenters. The van der Waals surface area contributed by atoms with Crippen LogP contribution in [0, 0.1) is 11.3 Å². The molecule has 2 aromatic rings. The van der Waals surface area contributed by atoms with E-state index in [0.717, 1.165) is 24.0 Å². The van der Waals surface area contributed by atoms with Gasteiger partial charge in [-0.3, -0.25) is 0 Å². The van der Waals surface area contributed by atoms with Gasteiger partial charge in [0.2, 0.25) is 0 Å². The van der Waals surface area contributed by atoms with Crippen molar-refractivity contribution >= 4 is 5.83 Å². The van der Waals surface area contributed by atoms with Gasteiger partial charge in [0.1, 0.15) is 5.83 Å². The third kappa shape index (κ3) is 4.75. The zero-order chi connectivity index (χ0) is 16.7. The molecule has 0 aliphatic rings. The van der Waals surface area contributed by atoms with Crippen molar-refractivity contribution in [1.29, 1.82) is 5.26 Å². The maximum Gasteiger partial charge on any atom is 0.161 e. The maximum absolute atomic E-state index is 13.8. The average molecular weight is 311 g/mol. The normalized spacial score (nSPS) is 11.7. The number of hydrogen-bond donors (Lipinski definition) is 0. The molecule has 2 rings (SSSR count). The van der Waals surface area contributed by atoms with E-state index in [0.29, 0.717) is 12.0 Å². The summed E-state index contributed by atoms with van der Waals surface area (Å²) in [6.45, 7) is 1.82. The van der Waals surface area contributed by atoms with E-state index in [1.165, 1.54) is 0 Å². The Morgan fingerprint density at radius 3 is 1.91 bits per heavy atom. The Morgan fingerprint density at radius 2 is 1.43 bits per heavy atom. The number of hydrogen-bond acceptors (Lipinski definition) is 1. The first-order chi connectivity index (χ1) is 11.1. The summed E-state index contributed by atoms with van der Waals surface area (Å²) in [5.41, 5.74) is 3.16. The van der Waals surface area contributed by atoms with Crippen LogP contribution in [0.2, 0.25) is 0 Å². The first-order valence-corrected chi connectivity index (χ1v) is 7.76. The molecule has 2 aromatic carbocycles. The predicted octanol–water partition coefficient (Wildman–Crippen LogP) is 5.75. The number of rotatable bonds is 6. The SMILES string of the molecule is CCCC(F)=C(F)c1ccc(CCc2ccc(C#N)cc2)cc1. The summed E-state index contributed by atoms with van der Waals surface area (Å²) >= 11 is 0. The summed E-state index contributed by atoms with van der Waals surface area (Å²) in [7, 11) is 0. The van der Waals surface area contributed by atoms with Gasteiger partial charge in [-0.25, -0.2) is 8.78 Å². The summed E-state index contributed by atoms with van der Waals surface area (Å²) in [6, 6.07) is 16.5. The summed E-state index contributed by atoms with van der Waals surface area (Å²) in [5.74, 6) is -1.44. The van der Waals surface area contributed by atoms with Crippen molar-refractivity contribution in [2.45, 2.75) is 32.6 Å². The molecule has 118 valence electrons. The lowest BCUT2D eigenvalue weighted by molar-refractivity contribution is 0.559. The third-order valence-electron chi connectivity index (χ3n) is 3.70. The Bertz CT molecular complexity index is 707. The number of nitrogens with zero attached hydrogens (tertiary/aromatic N) is 1. The van der Waals surface area contributed by atoms with Crippen molar-refractivity contribution in [3.05, 3.63) is 76.6 Å². The minimum atomic E-state index is -0.759. The van der Waals surface area contributed by atoms with Crippen LogP contribution in [-0.2, 0) is 12.8 Å². The lowest BCUT2D eigenvalue weighted by atomic mass is 10.0. The highest BCUT2D eigenvalue weighted by molar-refractivity contribution is 5.61. The fourth-order valence-electron chi connectivity index (χ4n) is 2.34. The third-order valence-corrected chi connectivity index (χ3v) is 3.70.